The van der Waals surface area contributed by atoms with Crippen molar-refractivity contribution in [2.45, 2.75) is 51.5 Å². The lowest BCUT2D eigenvalue weighted by Crippen LogP contribution is -2.41. The Balaban J connectivity index is 2.04. The van der Waals surface area contributed by atoms with Gasteiger partial charge in [0.15, 0.2) is 0 Å². The third-order valence-corrected chi connectivity index (χ3v) is 7.25. The minimum Gasteiger partial charge on any atom is -0.311 e. The lowest BCUT2D eigenvalue weighted by Gasteiger charge is -2.40. The fourth-order valence-electron chi connectivity index (χ4n) is 3.50. The Labute approximate surface area is 146 Å². The Morgan fingerprint density at radius 3 is 1.88 bits per heavy atom. The highest BCUT2D eigenvalue weighted by atomic mass is 31.1. The molecule has 0 bridgehead atoms. The zero-order valence-corrected chi connectivity index (χ0v) is 15.3. The number of carbonyl (C=O) groups is 1. The van der Waals surface area contributed by atoms with Gasteiger partial charge in [0, 0.05) is 23.1 Å². The van der Waals surface area contributed by atoms with Gasteiger partial charge in [-0.05, 0) is 12.8 Å². The Morgan fingerprint density at radius 2 is 1.42 bits per heavy atom. The Kier molecular flexibility index (Phi) is 6.04. The Morgan fingerprint density at radius 1 is 0.917 bits per heavy atom. The van der Waals surface area contributed by atoms with E-state index in [1.807, 2.05) is 6.92 Å². The minimum atomic E-state index is -0.799. The third-order valence-electron chi connectivity index (χ3n) is 4.70. The van der Waals surface area contributed by atoms with Crippen molar-refractivity contribution in [3.8, 4) is 0 Å². The van der Waals surface area contributed by atoms with Gasteiger partial charge in [0.1, 0.15) is 0 Å². The number of nitrogens with zero attached hydrogens (tertiary/aromatic N) is 1. The number of amides is 1. The molecule has 24 heavy (non-hydrogen) atoms. The molecule has 2 nitrogen and oxygen atoms in total. The average Bonchev–Trinajstić information content (AvgIpc) is 2.67. The monoisotopic (exact) mass is 339 g/mol. The molecule has 2 aromatic rings. The van der Waals surface area contributed by atoms with Gasteiger partial charge in [-0.25, -0.2) is 0 Å². The largest absolute Gasteiger partial charge is 0.311 e. The summed E-state index contributed by atoms with van der Waals surface area (Å²) in [6, 6.07) is 21.5. The van der Waals surface area contributed by atoms with Crippen LogP contribution in [0.15, 0.2) is 60.7 Å². The van der Waals surface area contributed by atoms with Gasteiger partial charge in [-0.2, -0.15) is 0 Å². The van der Waals surface area contributed by atoms with E-state index in [4.69, 9.17) is 0 Å². The quantitative estimate of drug-likeness (QED) is 0.729. The van der Waals surface area contributed by atoms with E-state index in [1.54, 1.807) is 0 Å². The molecule has 3 rings (SSSR count). The molecule has 3 heteroatoms. The van der Waals surface area contributed by atoms with Crippen LogP contribution in [0.1, 0.15) is 45.4 Å². The Hall–Kier alpha value is -1.66. The summed E-state index contributed by atoms with van der Waals surface area (Å²) in [4.78, 5) is 12.9. The average molecular weight is 339 g/mol. The number of rotatable bonds is 5. The molecule has 1 aliphatic rings. The summed E-state index contributed by atoms with van der Waals surface area (Å²) < 4.78 is 2.25. The second-order valence-electron chi connectivity index (χ2n) is 6.37. The van der Waals surface area contributed by atoms with Crippen LogP contribution < -0.4 is 10.6 Å². The molecule has 0 heterocycles. The number of hydrogen-bond donors (Lipinski definition) is 0. The van der Waals surface area contributed by atoms with Crippen molar-refractivity contribution in [1.82, 2.24) is 4.67 Å². The van der Waals surface area contributed by atoms with E-state index >= 15 is 0 Å². The van der Waals surface area contributed by atoms with Crippen LogP contribution in [0.5, 0.6) is 0 Å². The van der Waals surface area contributed by atoms with Crippen molar-refractivity contribution in [2.24, 2.45) is 0 Å². The first-order chi connectivity index (χ1) is 11.8. The molecule has 0 aliphatic heterocycles. The van der Waals surface area contributed by atoms with Crippen molar-refractivity contribution in [1.29, 1.82) is 0 Å². The summed E-state index contributed by atoms with van der Waals surface area (Å²) in [7, 11) is -0.799. The van der Waals surface area contributed by atoms with Gasteiger partial charge in [0.05, 0.1) is 8.07 Å². The molecule has 0 atom stereocenters. The zero-order valence-electron chi connectivity index (χ0n) is 14.4. The predicted molar refractivity (Wildman–Crippen MR) is 103 cm³/mol. The Bertz CT molecular complexity index is 598. The van der Waals surface area contributed by atoms with Crippen LogP contribution in [0.2, 0.25) is 0 Å². The molecule has 2 aromatic carbocycles. The number of benzene rings is 2. The molecule has 0 radical (unpaired) electrons. The molecule has 126 valence electrons. The van der Waals surface area contributed by atoms with E-state index in [1.165, 1.54) is 29.9 Å². The van der Waals surface area contributed by atoms with Crippen molar-refractivity contribution in [3.63, 3.8) is 0 Å². The van der Waals surface area contributed by atoms with E-state index in [0.717, 1.165) is 12.8 Å². The van der Waals surface area contributed by atoms with Crippen molar-refractivity contribution < 1.29 is 4.79 Å². The fourth-order valence-corrected chi connectivity index (χ4v) is 6.13. The van der Waals surface area contributed by atoms with Crippen LogP contribution in [0.25, 0.3) is 0 Å². The summed E-state index contributed by atoms with van der Waals surface area (Å²) in [5, 5.41) is 2.54. The standard InChI is InChI=1S/C21H26NOP/c1-2-21(23)22(18-12-6-3-7-13-18)24(19-14-8-4-9-15-19)20-16-10-5-11-17-20/h4-5,8-11,14-18H,2-3,6-7,12-13H2,1H3. The van der Waals surface area contributed by atoms with Crippen molar-refractivity contribution >= 4 is 24.6 Å². The van der Waals surface area contributed by atoms with Crippen LogP contribution in [0.4, 0.5) is 0 Å². The summed E-state index contributed by atoms with van der Waals surface area (Å²) in [5.41, 5.74) is 0. The lowest BCUT2D eigenvalue weighted by molar-refractivity contribution is -0.127. The van der Waals surface area contributed by atoms with Gasteiger partial charge < -0.3 is 4.67 Å². The molecule has 1 amide bonds. The van der Waals surface area contributed by atoms with Gasteiger partial charge >= 0.3 is 0 Å². The summed E-state index contributed by atoms with van der Waals surface area (Å²) in [5.74, 6) is 0.292. The second kappa shape index (κ2) is 8.44. The summed E-state index contributed by atoms with van der Waals surface area (Å²) in [6.07, 6.45) is 6.65. The fraction of sp³-hybridized carbons (Fsp3) is 0.381. The minimum absolute atomic E-state index is 0.292. The third kappa shape index (κ3) is 3.87. The van der Waals surface area contributed by atoms with Gasteiger partial charge in [0.2, 0.25) is 5.91 Å². The van der Waals surface area contributed by atoms with Crippen LogP contribution in [-0.2, 0) is 4.79 Å². The summed E-state index contributed by atoms with van der Waals surface area (Å²) in [6.45, 7) is 1.99. The molecule has 0 unspecified atom stereocenters. The second-order valence-corrected chi connectivity index (χ2v) is 8.45. The molecule has 1 saturated carbocycles. The predicted octanol–water partition coefficient (Wildman–Crippen LogP) is 4.61. The normalized spacial score (nSPS) is 15.4. The maximum Gasteiger partial charge on any atom is 0.226 e. The maximum absolute atomic E-state index is 12.9. The lowest BCUT2D eigenvalue weighted by atomic mass is 9.95. The first-order valence-electron chi connectivity index (χ1n) is 9.03. The molecule has 0 saturated heterocycles. The molecule has 0 spiro atoms. The van der Waals surface area contributed by atoms with Crippen LogP contribution >= 0.6 is 8.07 Å². The van der Waals surface area contributed by atoms with E-state index in [0.29, 0.717) is 18.4 Å². The van der Waals surface area contributed by atoms with E-state index in [2.05, 4.69) is 65.3 Å². The van der Waals surface area contributed by atoms with Gasteiger partial charge in [-0.3, -0.25) is 4.79 Å². The molecular formula is C21H26NOP. The van der Waals surface area contributed by atoms with Crippen LogP contribution in [0.3, 0.4) is 0 Å². The van der Waals surface area contributed by atoms with Crippen LogP contribution in [0, 0.1) is 0 Å². The van der Waals surface area contributed by atoms with E-state index in [9.17, 15) is 4.79 Å². The molecule has 0 N–H and O–H groups in total. The van der Waals surface area contributed by atoms with Crippen molar-refractivity contribution in [3.05, 3.63) is 60.7 Å². The zero-order chi connectivity index (χ0) is 16.8. The number of hydrogen-bond acceptors (Lipinski definition) is 1. The van der Waals surface area contributed by atoms with E-state index in [-0.39, 0.29) is 0 Å². The molecule has 1 aliphatic carbocycles. The smallest absolute Gasteiger partial charge is 0.226 e. The first kappa shape index (κ1) is 17.2. The number of carbonyl (C=O) groups excluding carboxylic acids is 1. The SMILES string of the molecule is CCC(=O)N(C1CCCCC1)P(c1ccccc1)c1ccccc1. The highest BCUT2D eigenvalue weighted by Gasteiger charge is 2.32. The molecule has 1 fully saturated rings. The van der Waals surface area contributed by atoms with Gasteiger partial charge in [0.25, 0.3) is 0 Å². The van der Waals surface area contributed by atoms with Gasteiger partial charge in [-0.15, -0.1) is 0 Å². The van der Waals surface area contributed by atoms with E-state index < -0.39 is 8.07 Å². The molecular weight excluding hydrogens is 313 g/mol. The summed E-state index contributed by atoms with van der Waals surface area (Å²) >= 11 is 0. The van der Waals surface area contributed by atoms with Crippen LogP contribution in [-0.4, -0.2) is 16.6 Å². The first-order valence-corrected chi connectivity index (χ1v) is 10.3. The van der Waals surface area contributed by atoms with Gasteiger partial charge in [-0.1, -0.05) is 86.8 Å². The van der Waals surface area contributed by atoms with Crippen molar-refractivity contribution in [2.75, 3.05) is 0 Å². The molecule has 0 aromatic heterocycles. The highest BCUT2D eigenvalue weighted by molar-refractivity contribution is 7.71. The topological polar surface area (TPSA) is 20.3 Å². The maximum atomic E-state index is 12.9. The highest BCUT2D eigenvalue weighted by Crippen LogP contribution is 2.43.